The smallest absolute Gasteiger partial charge is 0.328 e. The predicted octanol–water partition coefficient (Wildman–Crippen LogP) is 2.14. The second-order valence-electron chi connectivity index (χ2n) is 4.39. The fourth-order valence-electron chi connectivity index (χ4n) is 1.77. The van der Waals surface area contributed by atoms with E-state index in [1.165, 1.54) is 24.8 Å². The number of carboxylic acid groups (broad SMARTS) is 1. The minimum atomic E-state index is -1.04. The lowest BCUT2D eigenvalue weighted by Crippen LogP contribution is -2.12. The molecule has 0 radical (unpaired) electrons. The third kappa shape index (κ3) is 4.24. The first-order chi connectivity index (χ1) is 10.0. The van der Waals surface area contributed by atoms with Gasteiger partial charge in [-0.05, 0) is 36.3 Å². The lowest BCUT2D eigenvalue weighted by Gasteiger charge is -2.06. The van der Waals surface area contributed by atoms with Gasteiger partial charge in [-0.15, -0.1) is 0 Å². The molecule has 0 fully saturated rings. The summed E-state index contributed by atoms with van der Waals surface area (Å²) < 4.78 is 0. The van der Waals surface area contributed by atoms with Crippen LogP contribution in [0.4, 0.5) is 5.69 Å². The van der Waals surface area contributed by atoms with E-state index in [0.29, 0.717) is 16.8 Å². The molecule has 0 spiro atoms. The number of hydrogen-bond acceptors (Lipinski definition) is 4. The number of anilines is 1. The molecule has 0 unspecified atom stereocenters. The normalized spacial score (nSPS) is 10.5. The molecule has 0 atom stereocenters. The Bertz CT molecular complexity index is 697. The highest BCUT2D eigenvalue weighted by Crippen LogP contribution is 2.13. The molecule has 0 aliphatic heterocycles. The first kappa shape index (κ1) is 14.4. The molecular weight excluding hydrogens is 270 g/mol. The summed E-state index contributed by atoms with van der Waals surface area (Å²) in [6, 6.07) is 5.13. The van der Waals surface area contributed by atoms with Crippen molar-refractivity contribution >= 4 is 23.6 Å². The van der Waals surface area contributed by atoms with Crippen LogP contribution in [0, 0.1) is 6.92 Å². The second-order valence-corrected chi connectivity index (χ2v) is 4.39. The van der Waals surface area contributed by atoms with E-state index >= 15 is 0 Å². The number of aromatic nitrogens is 2. The summed E-state index contributed by atoms with van der Waals surface area (Å²) in [6.45, 7) is 1.83. The number of amides is 1. The summed E-state index contributed by atoms with van der Waals surface area (Å²) in [7, 11) is 0. The SMILES string of the molecule is Cc1cc(/C=C/C(=O)O)cc(C(=O)Nc2cncnc2)c1. The van der Waals surface area contributed by atoms with Crippen molar-refractivity contribution in [3.05, 3.63) is 59.7 Å². The van der Waals surface area contributed by atoms with Gasteiger partial charge in [0.25, 0.3) is 5.91 Å². The van der Waals surface area contributed by atoms with Gasteiger partial charge in [0.2, 0.25) is 0 Å². The zero-order chi connectivity index (χ0) is 15.2. The highest BCUT2D eigenvalue weighted by molar-refractivity contribution is 6.04. The summed E-state index contributed by atoms with van der Waals surface area (Å²) in [5.41, 5.74) is 2.43. The van der Waals surface area contributed by atoms with Crippen molar-refractivity contribution in [2.75, 3.05) is 5.32 Å². The van der Waals surface area contributed by atoms with E-state index < -0.39 is 5.97 Å². The zero-order valence-corrected chi connectivity index (χ0v) is 11.3. The summed E-state index contributed by atoms with van der Waals surface area (Å²) in [5.74, 6) is -1.34. The third-order valence-electron chi connectivity index (χ3n) is 2.60. The fourth-order valence-corrected chi connectivity index (χ4v) is 1.77. The van der Waals surface area contributed by atoms with Gasteiger partial charge < -0.3 is 10.4 Å². The average Bonchev–Trinajstić information content (AvgIpc) is 2.45. The molecule has 1 amide bonds. The molecule has 0 saturated heterocycles. The average molecular weight is 283 g/mol. The molecule has 2 aromatic rings. The summed E-state index contributed by atoms with van der Waals surface area (Å²) in [4.78, 5) is 30.3. The summed E-state index contributed by atoms with van der Waals surface area (Å²) in [6.07, 6.45) is 6.83. The topological polar surface area (TPSA) is 92.2 Å². The van der Waals surface area contributed by atoms with Gasteiger partial charge in [-0.1, -0.05) is 6.07 Å². The Labute approximate surface area is 121 Å². The molecular formula is C15H13N3O3. The van der Waals surface area contributed by atoms with Gasteiger partial charge in [-0.25, -0.2) is 14.8 Å². The number of nitrogens with one attached hydrogen (secondary N) is 1. The lowest BCUT2D eigenvalue weighted by atomic mass is 10.1. The molecule has 1 aromatic heterocycles. The van der Waals surface area contributed by atoms with Crippen molar-refractivity contribution in [3.8, 4) is 0 Å². The number of carbonyl (C=O) groups excluding carboxylic acids is 1. The maximum Gasteiger partial charge on any atom is 0.328 e. The van der Waals surface area contributed by atoms with E-state index in [9.17, 15) is 9.59 Å². The largest absolute Gasteiger partial charge is 0.478 e. The highest BCUT2D eigenvalue weighted by atomic mass is 16.4. The molecule has 106 valence electrons. The van der Waals surface area contributed by atoms with E-state index in [4.69, 9.17) is 5.11 Å². The van der Waals surface area contributed by atoms with E-state index in [1.54, 1.807) is 18.2 Å². The van der Waals surface area contributed by atoms with Crippen LogP contribution in [-0.2, 0) is 4.79 Å². The summed E-state index contributed by atoms with van der Waals surface area (Å²) in [5, 5.41) is 11.3. The van der Waals surface area contributed by atoms with Crippen LogP contribution in [0.25, 0.3) is 6.08 Å². The van der Waals surface area contributed by atoms with Crippen molar-refractivity contribution in [3.63, 3.8) is 0 Å². The number of carbonyl (C=O) groups is 2. The van der Waals surface area contributed by atoms with Crippen LogP contribution in [0.3, 0.4) is 0 Å². The molecule has 6 heteroatoms. The number of benzene rings is 1. The van der Waals surface area contributed by atoms with Gasteiger partial charge in [0.05, 0.1) is 18.1 Å². The maximum atomic E-state index is 12.1. The number of aryl methyl sites for hydroxylation is 1. The highest BCUT2D eigenvalue weighted by Gasteiger charge is 2.08. The first-order valence-corrected chi connectivity index (χ1v) is 6.13. The van der Waals surface area contributed by atoms with Gasteiger partial charge in [0.1, 0.15) is 6.33 Å². The van der Waals surface area contributed by atoms with Crippen LogP contribution in [0.5, 0.6) is 0 Å². The Hall–Kier alpha value is -3.02. The lowest BCUT2D eigenvalue weighted by molar-refractivity contribution is -0.131. The van der Waals surface area contributed by atoms with Gasteiger partial charge in [-0.2, -0.15) is 0 Å². The molecule has 0 bridgehead atoms. The predicted molar refractivity (Wildman–Crippen MR) is 77.8 cm³/mol. The zero-order valence-electron chi connectivity index (χ0n) is 11.3. The molecule has 0 saturated carbocycles. The number of rotatable bonds is 4. The van der Waals surface area contributed by atoms with Gasteiger partial charge in [0.15, 0.2) is 0 Å². The standard InChI is InChI=1S/C15H13N3O3/c1-10-4-11(2-3-14(19)20)6-12(5-10)15(21)18-13-7-16-9-17-8-13/h2-9H,1H3,(H,18,21)(H,19,20)/b3-2+. The van der Waals surface area contributed by atoms with Crippen molar-refractivity contribution < 1.29 is 14.7 Å². The number of nitrogens with zero attached hydrogens (tertiary/aromatic N) is 2. The molecule has 0 aliphatic carbocycles. The van der Waals surface area contributed by atoms with Crippen LogP contribution in [-0.4, -0.2) is 27.0 Å². The Kier molecular flexibility index (Phi) is 4.40. The maximum absolute atomic E-state index is 12.1. The molecule has 2 rings (SSSR count). The van der Waals surface area contributed by atoms with Crippen LogP contribution in [0.1, 0.15) is 21.5 Å². The Morgan fingerprint density at radius 2 is 1.90 bits per heavy atom. The van der Waals surface area contributed by atoms with Gasteiger partial charge in [0, 0.05) is 11.6 Å². The number of aliphatic carboxylic acids is 1. The van der Waals surface area contributed by atoms with Crippen LogP contribution in [0.15, 0.2) is 43.0 Å². The van der Waals surface area contributed by atoms with E-state index in [0.717, 1.165) is 11.6 Å². The molecule has 21 heavy (non-hydrogen) atoms. The van der Waals surface area contributed by atoms with Crippen molar-refractivity contribution in [1.29, 1.82) is 0 Å². The molecule has 2 N–H and O–H groups in total. The summed E-state index contributed by atoms with van der Waals surface area (Å²) >= 11 is 0. The molecule has 1 aromatic carbocycles. The third-order valence-corrected chi connectivity index (χ3v) is 2.60. The Morgan fingerprint density at radius 1 is 1.19 bits per heavy atom. The molecule has 1 heterocycles. The van der Waals surface area contributed by atoms with Gasteiger partial charge in [-0.3, -0.25) is 4.79 Å². The Morgan fingerprint density at radius 3 is 2.57 bits per heavy atom. The molecule has 6 nitrogen and oxygen atoms in total. The fraction of sp³-hybridized carbons (Fsp3) is 0.0667. The quantitative estimate of drug-likeness (QED) is 0.839. The van der Waals surface area contributed by atoms with E-state index in [-0.39, 0.29) is 5.91 Å². The van der Waals surface area contributed by atoms with E-state index in [2.05, 4.69) is 15.3 Å². The molecule has 0 aliphatic rings. The van der Waals surface area contributed by atoms with Crippen molar-refractivity contribution in [1.82, 2.24) is 9.97 Å². The van der Waals surface area contributed by atoms with Crippen molar-refractivity contribution in [2.45, 2.75) is 6.92 Å². The van der Waals surface area contributed by atoms with Crippen LogP contribution < -0.4 is 5.32 Å². The number of hydrogen-bond donors (Lipinski definition) is 2. The van der Waals surface area contributed by atoms with Gasteiger partial charge >= 0.3 is 5.97 Å². The first-order valence-electron chi connectivity index (χ1n) is 6.13. The van der Waals surface area contributed by atoms with Crippen LogP contribution in [0.2, 0.25) is 0 Å². The van der Waals surface area contributed by atoms with E-state index in [1.807, 2.05) is 6.92 Å². The number of carboxylic acids is 1. The van der Waals surface area contributed by atoms with Crippen LogP contribution >= 0.6 is 0 Å². The minimum absolute atomic E-state index is 0.307. The minimum Gasteiger partial charge on any atom is -0.478 e. The second kappa shape index (κ2) is 6.42. The Balaban J connectivity index is 2.23. The monoisotopic (exact) mass is 283 g/mol. The van der Waals surface area contributed by atoms with Crippen molar-refractivity contribution in [2.24, 2.45) is 0 Å².